The summed E-state index contributed by atoms with van der Waals surface area (Å²) in [5.74, 6) is 0. The predicted molar refractivity (Wildman–Crippen MR) is 220 cm³/mol. The summed E-state index contributed by atoms with van der Waals surface area (Å²) in [6.45, 7) is 0. The quantitative estimate of drug-likeness (QED) is 0.185. The Balaban J connectivity index is 1.07. The lowest BCUT2D eigenvalue weighted by Crippen LogP contribution is -1.99. The fraction of sp³-hybridized carbons (Fsp3) is 0. The number of fused-ring (bicyclic) bond motifs is 12. The molecule has 250 valence electrons. The Hall–Kier alpha value is -7.55. The van der Waals surface area contributed by atoms with E-state index in [1.165, 1.54) is 10.8 Å². The number of rotatable bonds is 3. The van der Waals surface area contributed by atoms with Crippen LogP contribution in [0.2, 0.25) is 0 Å². The number of furan rings is 2. The summed E-state index contributed by atoms with van der Waals surface area (Å²) in [7, 11) is 0. The largest absolute Gasteiger partial charge is 0.456 e. The summed E-state index contributed by atoms with van der Waals surface area (Å²) in [6.07, 6.45) is 0. The van der Waals surface area contributed by atoms with Gasteiger partial charge in [0, 0.05) is 60.9 Å². The van der Waals surface area contributed by atoms with Gasteiger partial charge in [-0.1, -0.05) is 91.0 Å². The molecule has 5 heteroatoms. The van der Waals surface area contributed by atoms with E-state index >= 15 is 0 Å². The summed E-state index contributed by atoms with van der Waals surface area (Å²) in [5, 5.41) is 19.5. The molecule has 0 unspecified atom stereocenters. The molecule has 0 spiro atoms. The lowest BCUT2D eigenvalue weighted by atomic mass is 10.0. The van der Waals surface area contributed by atoms with Crippen molar-refractivity contribution in [2.24, 2.45) is 0 Å². The van der Waals surface area contributed by atoms with E-state index in [-0.39, 0.29) is 0 Å². The first-order valence-corrected chi connectivity index (χ1v) is 18.1. The number of hydrogen-bond donors (Lipinski definition) is 0. The van der Waals surface area contributed by atoms with Crippen LogP contribution >= 0.6 is 0 Å². The standard InChI is InChI=1S/C49H27N3O2/c50-28-31-21-20-30(23-43(31)52-42-17-6-2-13-34(42)38-25-40-36-15-4-8-19-47(36)54-49(40)27-45(38)52)29-10-9-11-32(22-29)51-41-16-5-1-12-33(41)37-24-39-35-14-3-7-18-46(35)53-48(39)26-44(37)51/h1-27H. The smallest absolute Gasteiger partial charge is 0.137 e. The predicted octanol–water partition coefficient (Wildman–Crippen LogP) is 13.2. The average molecular weight is 690 g/mol. The third-order valence-electron chi connectivity index (χ3n) is 11.1. The number of hydrogen-bond acceptors (Lipinski definition) is 3. The second-order valence-electron chi connectivity index (χ2n) is 14.0. The molecule has 0 saturated heterocycles. The number of para-hydroxylation sites is 4. The van der Waals surface area contributed by atoms with Gasteiger partial charge in [0.1, 0.15) is 28.4 Å². The highest BCUT2D eigenvalue weighted by Crippen LogP contribution is 2.41. The molecule has 12 rings (SSSR count). The Kier molecular flexibility index (Phi) is 5.78. The van der Waals surface area contributed by atoms with Crippen molar-refractivity contribution in [3.05, 3.63) is 169 Å². The van der Waals surface area contributed by atoms with E-state index in [1.807, 2.05) is 36.4 Å². The Morgan fingerprint density at radius 1 is 0.370 bits per heavy atom. The van der Waals surface area contributed by atoms with Crippen LogP contribution in [0.25, 0.3) is 110 Å². The Morgan fingerprint density at radius 2 is 0.907 bits per heavy atom. The van der Waals surface area contributed by atoms with E-state index in [0.717, 1.165) is 99.2 Å². The van der Waals surface area contributed by atoms with E-state index in [4.69, 9.17) is 8.83 Å². The van der Waals surface area contributed by atoms with Crippen LogP contribution in [0.4, 0.5) is 0 Å². The van der Waals surface area contributed by atoms with Crippen molar-refractivity contribution < 1.29 is 8.83 Å². The molecule has 12 aromatic rings. The number of nitrogens with zero attached hydrogens (tertiary/aromatic N) is 3. The molecule has 0 aliphatic heterocycles. The van der Waals surface area contributed by atoms with Crippen LogP contribution in [0.1, 0.15) is 5.56 Å². The molecule has 0 aliphatic carbocycles. The summed E-state index contributed by atoms with van der Waals surface area (Å²) in [4.78, 5) is 0. The van der Waals surface area contributed by atoms with Gasteiger partial charge in [0.2, 0.25) is 0 Å². The third-order valence-corrected chi connectivity index (χ3v) is 11.1. The summed E-state index contributed by atoms with van der Waals surface area (Å²) in [6, 6.07) is 59.5. The third kappa shape index (κ3) is 3.97. The monoisotopic (exact) mass is 689 g/mol. The lowest BCUT2D eigenvalue weighted by Gasteiger charge is -2.14. The Morgan fingerprint density at radius 3 is 1.54 bits per heavy atom. The highest BCUT2D eigenvalue weighted by atomic mass is 16.3. The first-order valence-electron chi connectivity index (χ1n) is 18.1. The molecule has 0 N–H and O–H groups in total. The van der Waals surface area contributed by atoms with Crippen molar-refractivity contribution in [1.29, 1.82) is 5.26 Å². The minimum atomic E-state index is 0.597. The highest BCUT2D eigenvalue weighted by molar-refractivity contribution is 6.19. The fourth-order valence-corrected chi connectivity index (χ4v) is 8.73. The number of aromatic nitrogens is 2. The van der Waals surface area contributed by atoms with Gasteiger partial charge in [-0.25, -0.2) is 0 Å². The van der Waals surface area contributed by atoms with E-state index in [0.29, 0.717) is 5.56 Å². The van der Waals surface area contributed by atoms with Crippen LogP contribution in [-0.4, -0.2) is 9.13 Å². The zero-order valence-corrected chi connectivity index (χ0v) is 28.7. The molecule has 0 atom stereocenters. The van der Waals surface area contributed by atoms with Gasteiger partial charge in [-0.3, -0.25) is 0 Å². The summed E-state index contributed by atoms with van der Waals surface area (Å²) in [5.41, 5.74) is 12.2. The molecule has 0 bridgehead atoms. The molecule has 8 aromatic carbocycles. The first kappa shape index (κ1) is 29.1. The van der Waals surface area contributed by atoms with Crippen molar-refractivity contribution in [2.75, 3.05) is 0 Å². The Labute approximate surface area is 307 Å². The molecule has 0 radical (unpaired) electrons. The highest BCUT2D eigenvalue weighted by Gasteiger charge is 2.20. The van der Waals surface area contributed by atoms with Crippen LogP contribution in [0.3, 0.4) is 0 Å². The van der Waals surface area contributed by atoms with Crippen molar-refractivity contribution in [2.45, 2.75) is 0 Å². The zero-order valence-electron chi connectivity index (χ0n) is 28.7. The van der Waals surface area contributed by atoms with Crippen molar-refractivity contribution in [3.63, 3.8) is 0 Å². The lowest BCUT2D eigenvalue weighted by molar-refractivity contribution is 0.669. The van der Waals surface area contributed by atoms with Crippen LogP contribution in [0.15, 0.2) is 173 Å². The second kappa shape index (κ2) is 10.7. The fourth-order valence-electron chi connectivity index (χ4n) is 8.73. The van der Waals surface area contributed by atoms with Crippen molar-refractivity contribution >= 4 is 87.5 Å². The molecular weight excluding hydrogens is 663 g/mol. The zero-order chi connectivity index (χ0) is 35.5. The van der Waals surface area contributed by atoms with Crippen LogP contribution in [-0.2, 0) is 0 Å². The van der Waals surface area contributed by atoms with Gasteiger partial charge in [0.25, 0.3) is 0 Å². The maximum absolute atomic E-state index is 10.5. The van der Waals surface area contributed by atoms with Crippen LogP contribution < -0.4 is 0 Å². The SMILES string of the molecule is N#Cc1ccc(-c2cccc(-n3c4ccccc4c4cc5c(cc43)oc3ccccc35)c2)cc1-n1c2ccccc2c2cc3c(cc21)oc1ccccc13. The van der Waals surface area contributed by atoms with E-state index in [2.05, 4.69) is 143 Å². The first-order chi connectivity index (χ1) is 26.7. The summed E-state index contributed by atoms with van der Waals surface area (Å²) < 4.78 is 17.3. The molecule has 4 heterocycles. The molecule has 5 nitrogen and oxygen atoms in total. The number of benzene rings is 8. The van der Waals surface area contributed by atoms with Crippen molar-refractivity contribution in [1.82, 2.24) is 9.13 Å². The molecule has 4 aromatic heterocycles. The van der Waals surface area contributed by atoms with Crippen LogP contribution in [0, 0.1) is 11.3 Å². The molecular formula is C49H27N3O2. The minimum absolute atomic E-state index is 0.597. The minimum Gasteiger partial charge on any atom is -0.456 e. The topological polar surface area (TPSA) is 59.9 Å². The van der Waals surface area contributed by atoms with Gasteiger partial charge >= 0.3 is 0 Å². The molecule has 0 fully saturated rings. The summed E-state index contributed by atoms with van der Waals surface area (Å²) >= 11 is 0. The van der Waals surface area contributed by atoms with Gasteiger partial charge in [0.05, 0.1) is 33.3 Å². The van der Waals surface area contributed by atoms with E-state index < -0.39 is 0 Å². The molecule has 0 saturated carbocycles. The van der Waals surface area contributed by atoms with Crippen molar-refractivity contribution in [3.8, 4) is 28.6 Å². The average Bonchev–Trinajstić information content (AvgIpc) is 3.96. The van der Waals surface area contributed by atoms with E-state index in [9.17, 15) is 5.26 Å². The van der Waals surface area contributed by atoms with Gasteiger partial charge in [-0.05, 0) is 71.8 Å². The molecule has 0 aliphatic rings. The molecule has 54 heavy (non-hydrogen) atoms. The van der Waals surface area contributed by atoms with Gasteiger partial charge < -0.3 is 18.0 Å². The second-order valence-corrected chi connectivity index (χ2v) is 14.0. The normalized spacial score (nSPS) is 12.1. The molecule has 0 amide bonds. The van der Waals surface area contributed by atoms with Gasteiger partial charge in [0.15, 0.2) is 0 Å². The maximum atomic E-state index is 10.5. The van der Waals surface area contributed by atoms with Gasteiger partial charge in [-0.15, -0.1) is 0 Å². The maximum Gasteiger partial charge on any atom is 0.137 e. The van der Waals surface area contributed by atoms with E-state index in [1.54, 1.807) is 0 Å². The van der Waals surface area contributed by atoms with Crippen LogP contribution in [0.5, 0.6) is 0 Å². The number of nitriles is 1. The van der Waals surface area contributed by atoms with Gasteiger partial charge in [-0.2, -0.15) is 5.26 Å². The Bertz CT molecular complexity index is 3590.